The van der Waals surface area contributed by atoms with E-state index in [-0.39, 0.29) is 0 Å². The molecule has 0 aromatic heterocycles. The van der Waals surface area contributed by atoms with E-state index in [1.165, 1.54) is 6.42 Å². The molecule has 1 saturated heterocycles. The number of hydrogen-bond donors (Lipinski definition) is 0. The lowest BCUT2D eigenvalue weighted by molar-refractivity contribution is -0.123. The highest BCUT2D eigenvalue weighted by Gasteiger charge is 2.22. The summed E-state index contributed by atoms with van der Waals surface area (Å²) in [6.45, 7) is 2.14. The Hall–Kier alpha value is -0.0200. The predicted octanol–water partition coefficient (Wildman–Crippen LogP) is 1.65. The average molecular weight is 201 g/mol. The van der Waals surface area contributed by atoms with Crippen molar-refractivity contribution in [3.05, 3.63) is 0 Å². The van der Waals surface area contributed by atoms with E-state index in [1.54, 1.807) is 11.8 Å². The van der Waals surface area contributed by atoms with E-state index < -0.39 is 0 Å². The van der Waals surface area contributed by atoms with Gasteiger partial charge in [-0.05, 0) is 38.4 Å². The maximum atomic E-state index is 11.7. The van der Waals surface area contributed by atoms with Gasteiger partial charge in [0.05, 0.1) is 0 Å². The molecule has 13 heavy (non-hydrogen) atoms. The lowest BCUT2D eigenvalue weighted by Crippen LogP contribution is -2.36. The van der Waals surface area contributed by atoms with Crippen molar-refractivity contribution in [3.8, 4) is 0 Å². The summed E-state index contributed by atoms with van der Waals surface area (Å²) in [6.07, 6.45) is 5.11. The van der Waals surface area contributed by atoms with Crippen LogP contribution in [0.25, 0.3) is 0 Å². The third-order valence-corrected chi connectivity index (χ3v) is 3.24. The van der Waals surface area contributed by atoms with Crippen molar-refractivity contribution in [2.24, 2.45) is 5.92 Å². The normalized spacial score (nSPS) is 24.6. The minimum absolute atomic E-state index is 0.325. The number of hydrogen-bond acceptors (Lipinski definition) is 3. The van der Waals surface area contributed by atoms with E-state index in [9.17, 15) is 4.79 Å². The fraction of sp³-hybridized carbons (Fsp3) is 0.900. The zero-order chi connectivity index (χ0) is 9.68. The Kier molecular flexibility index (Phi) is 4.81. The summed E-state index contributed by atoms with van der Waals surface area (Å²) < 4.78 is 0. The molecule has 0 aromatic carbocycles. The number of thioether (sulfide) groups is 1. The van der Waals surface area contributed by atoms with Gasteiger partial charge in [-0.1, -0.05) is 0 Å². The molecule has 1 atom stereocenters. The van der Waals surface area contributed by atoms with Crippen LogP contribution in [0.4, 0.5) is 0 Å². The van der Waals surface area contributed by atoms with Crippen molar-refractivity contribution in [1.82, 2.24) is 4.90 Å². The highest BCUT2D eigenvalue weighted by atomic mass is 32.2. The molecule has 2 nitrogen and oxygen atoms in total. The highest BCUT2D eigenvalue weighted by Crippen LogP contribution is 2.17. The molecule has 0 spiro atoms. The van der Waals surface area contributed by atoms with Crippen LogP contribution < -0.4 is 0 Å². The minimum atomic E-state index is 0.325. The quantitative estimate of drug-likeness (QED) is 0.690. The Morgan fingerprint density at radius 3 is 3.00 bits per heavy atom. The summed E-state index contributed by atoms with van der Waals surface area (Å²) >= 11 is 1.76. The van der Waals surface area contributed by atoms with E-state index in [0.29, 0.717) is 11.7 Å². The second kappa shape index (κ2) is 5.66. The second-order valence-corrected chi connectivity index (χ2v) is 4.80. The average Bonchev–Trinajstić information content (AvgIpc) is 2.14. The lowest BCUT2D eigenvalue weighted by Gasteiger charge is -2.28. The largest absolute Gasteiger partial charge is 0.306 e. The van der Waals surface area contributed by atoms with Crippen molar-refractivity contribution in [1.29, 1.82) is 0 Å². The summed E-state index contributed by atoms with van der Waals surface area (Å²) in [4.78, 5) is 13.9. The van der Waals surface area contributed by atoms with Crippen molar-refractivity contribution < 1.29 is 4.79 Å². The molecular formula is C10H19NOS. The fourth-order valence-corrected chi connectivity index (χ4v) is 2.24. The number of piperidine rings is 1. The maximum absolute atomic E-state index is 11.7. The second-order valence-electron chi connectivity index (χ2n) is 3.81. The van der Waals surface area contributed by atoms with Crippen LogP contribution in [0.3, 0.4) is 0 Å². The van der Waals surface area contributed by atoms with Crippen molar-refractivity contribution in [2.75, 3.05) is 32.1 Å². The van der Waals surface area contributed by atoms with Crippen LogP contribution in [-0.2, 0) is 4.79 Å². The molecule has 1 aliphatic heterocycles. The van der Waals surface area contributed by atoms with E-state index in [2.05, 4.69) is 18.2 Å². The van der Waals surface area contributed by atoms with Crippen molar-refractivity contribution >= 4 is 17.5 Å². The Morgan fingerprint density at radius 1 is 1.62 bits per heavy atom. The molecule has 1 fully saturated rings. The summed E-state index contributed by atoms with van der Waals surface area (Å²) in [6, 6.07) is 0. The standard InChI is InChI=1S/C10H19NOS/c1-11-6-3-4-9(8-11)10(12)5-7-13-2/h9H,3-8H2,1-2H3. The van der Waals surface area contributed by atoms with Crippen LogP contribution in [0.15, 0.2) is 0 Å². The zero-order valence-electron chi connectivity index (χ0n) is 8.58. The summed E-state index contributed by atoms with van der Waals surface area (Å²) in [5.74, 6) is 1.78. The van der Waals surface area contributed by atoms with Crippen molar-refractivity contribution in [2.45, 2.75) is 19.3 Å². The SMILES string of the molecule is CSCCC(=O)C1CCCN(C)C1. The first kappa shape index (κ1) is 11.1. The Labute approximate surface area is 85.1 Å². The maximum Gasteiger partial charge on any atom is 0.138 e. The van der Waals surface area contributed by atoms with Gasteiger partial charge in [-0.15, -0.1) is 0 Å². The number of ketones is 1. The van der Waals surface area contributed by atoms with Gasteiger partial charge in [0, 0.05) is 18.9 Å². The van der Waals surface area contributed by atoms with E-state index in [1.807, 2.05) is 0 Å². The Bertz CT molecular complexity index is 172. The number of likely N-dealkylation sites (tertiary alicyclic amines) is 1. The van der Waals surface area contributed by atoms with Crippen LogP contribution in [-0.4, -0.2) is 42.8 Å². The monoisotopic (exact) mass is 201 g/mol. The van der Waals surface area contributed by atoms with Crippen molar-refractivity contribution in [3.63, 3.8) is 0 Å². The van der Waals surface area contributed by atoms with Gasteiger partial charge in [0.2, 0.25) is 0 Å². The van der Waals surface area contributed by atoms with Crippen LogP contribution in [0.1, 0.15) is 19.3 Å². The molecule has 1 heterocycles. The molecule has 0 amide bonds. The van der Waals surface area contributed by atoms with Crippen LogP contribution >= 0.6 is 11.8 Å². The van der Waals surface area contributed by atoms with Crippen LogP contribution in [0.5, 0.6) is 0 Å². The van der Waals surface area contributed by atoms with Gasteiger partial charge in [-0.25, -0.2) is 0 Å². The van der Waals surface area contributed by atoms with E-state index >= 15 is 0 Å². The predicted molar refractivity (Wildman–Crippen MR) is 58.2 cm³/mol. The van der Waals surface area contributed by atoms with E-state index in [4.69, 9.17) is 0 Å². The third kappa shape index (κ3) is 3.69. The molecule has 0 N–H and O–H groups in total. The molecule has 1 unspecified atom stereocenters. The van der Waals surface area contributed by atoms with Gasteiger partial charge in [0.1, 0.15) is 5.78 Å². The molecule has 1 rings (SSSR count). The van der Waals surface area contributed by atoms with E-state index in [0.717, 1.165) is 31.7 Å². The van der Waals surface area contributed by atoms with Gasteiger partial charge < -0.3 is 4.90 Å². The van der Waals surface area contributed by atoms with Gasteiger partial charge >= 0.3 is 0 Å². The molecule has 3 heteroatoms. The zero-order valence-corrected chi connectivity index (χ0v) is 9.40. The molecular weight excluding hydrogens is 182 g/mol. The molecule has 1 aliphatic rings. The van der Waals surface area contributed by atoms with Crippen LogP contribution in [0, 0.1) is 5.92 Å². The van der Waals surface area contributed by atoms with Crippen LogP contribution in [0.2, 0.25) is 0 Å². The first-order chi connectivity index (χ1) is 6.24. The molecule has 0 radical (unpaired) electrons. The highest BCUT2D eigenvalue weighted by molar-refractivity contribution is 7.98. The Balaban J connectivity index is 2.28. The summed E-state index contributed by atoms with van der Waals surface area (Å²) in [5, 5.41) is 0. The summed E-state index contributed by atoms with van der Waals surface area (Å²) in [5.41, 5.74) is 0. The minimum Gasteiger partial charge on any atom is -0.306 e. The lowest BCUT2D eigenvalue weighted by atomic mass is 9.93. The number of carbonyl (C=O) groups is 1. The number of carbonyl (C=O) groups excluding carboxylic acids is 1. The molecule has 0 bridgehead atoms. The smallest absolute Gasteiger partial charge is 0.138 e. The molecule has 76 valence electrons. The van der Waals surface area contributed by atoms with Gasteiger partial charge in [-0.2, -0.15) is 11.8 Å². The summed E-state index contributed by atoms with van der Waals surface area (Å²) in [7, 11) is 2.11. The first-order valence-electron chi connectivity index (χ1n) is 4.94. The first-order valence-corrected chi connectivity index (χ1v) is 6.33. The molecule has 0 aliphatic carbocycles. The number of nitrogens with zero attached hydrogens (tertiary/aromatic N) is 1. The van der Waals surface area contributed by atoms with Gasteiger partial charge in [-0.3, -0.25) is 4.79 Å². The Morgan fingerprint density at radius 2 is 2.38 bits per heavy atom. The topological polar surface area (TPSA) is 20.3 Å². The number of Topliss-reactive ketones (excluding diaryl/α,β-unsaturated/α-hetero) is 1. The molecule has 0 aromatic rings. The fourth-order valence-electron chi connectivity index (χ4n) is 1.84. The third-order valence-electron chi connectivity index (χ3n) is 2.63. The molecule has 0 saturated carbocycles. The van der Waals surface area contributed by atoms with Gasteiger partial charge in [0.15, 0.2) is 0 Å². The number of rotatable bonds is 4. The van der Waals surface area contributed by atoms with Gasteiger partial charge in [0.25, 0.3) is 0 Å².